The first-order valence-electron chi connectivity index (χ1n) is 9.58. The van der Waals surface area contributed by atoms with Crippen molar-refractivity contribution in [3.05, 3.63) is 54.3 Å². The number of benzene rings is 2. The van der Waals surface area contributed by atoms with Gasteiger partial charge in [0, 0.05) is 30.0 Å². The Morgan fingerprint density at radius 3 is 2.62 bits per heavy atom. The highest BCUT2D eigenvalue weighted by molar-refractivity contribution is 5.96. The molecule has 0 unspecified atom stereocenters. The summed E-state index contributed by atoms with van der Waals surface area (Å²) in [6.45, 7) is -0.422. The number of hydrogen-bond acceptors (Lipinski definition) is 6. The molecular formula is C22H19NO6. The molecule has 2 heterocycles. The summed E-state index contributed by atoms with van der Waals surface area (Å²) in [4.78, 5) is 24.3. The van der Waals surface area contributed by atoms with Crippen LogP contribution in [-0.4, -0.2) is 24.3 Å². The Hall–Kier alpha value is -3.48. The first kappa shape index (κ1) is 17.6. The molecule has 1 aliphatic heterocycles. The zero-order chi connectivity index (χ0) is 19.8. The van der Waals surface area contributed by atoms with E-state index < -0.39 is 24.3 Å². The van der Waals surface area contributed by atoms with Gasteiger partial charge in [-0.15, -0.1) is 0 Å². The predicted molar refractivity (Wildman–Crippen MR) is 104 cm³/mol. The van der Waals surface area contributed by atoms with Crippen molar-refractivity contribution in [2.75, 3.05) is 11.9 Å². The normalized spacial score (nSPS) is 16.3. The summed E-state index contributed by atoms with van der Waals surface area (Å²) in [6, 6.07) is 14.1. The molecule has 7 nitrogen and oxygen atoms in total. The Morgan fingerprint density at radius 1 is 1.00 bits per heavy atom. The second kappa shape index (κ2) is 6.84. The van der Waals surface area contributed by atoms with Gasteiger partial charge in [-0.2, -0.15) is 0 Å². The van der Waals surface area contributed by atoms with Crippen molar-refractivity contribution in [3.8, 4) is 11.5 Å². The van der Waals surface area contributed by atoms with Crippen molar-refractivity contribution in [3.63, 3.8) is 0 Å². The van der Waals surface area contributed by atoms with Crippen LogP contribution in [0.4, 0.5) is 5.69 Å². The summed E-state index contributed by atoms with van der Waals surface area (Å²) < 4.78 is 22.4. The van der Waals surface area contributed by atoms with E-state index in [0.717, 1.165) is 31.1 Å². The summed E-state index contributed by atoms with van der Waals surface area (Å²) in [5.74, 6) is -0.337. The topological polar surface area (TPSA) is 87.0 Å². The van der Waals surface area contributed by atoms with Gasteiger partial charge in [-0.3, -0.25) is 4.79 Å². The van der Waals surface area contributed by atoms with E-state index in [9.17, 15) is 9.59 Å². The monoisotopic (exact) mass is 393 g/mol. The molecule has 5 rings (SSSR count). The van der Waals surface area contributed by atoms with Gasteiger partial charge in [0.1, 0.15) is 5.58 Å². The van der Waals surface area contributed by atoms with Gasteiger partial charge >= 0.3 is 5.97 Å². The number of rotatable bonds is 4. The molecule has 0 atom stereocenters. The van der Waals surface area contributed by atoms with E-state index in [1.54, 1.807) is 30.3 Å². The SMILES string of the molecule is O=C(COC(=O)c1cc2ccccc2o1)Nc1ccc2c(c1)OC1(CCCC1)O2. The first-order valence-corrected chi connectivity index (χ1v) is 9.58. The lowest BCUT2D eigenvalue weighted by atomic mass is 10.2. The number of nitrogens with one attached hydrogen (secondary N) is 1. The van der Waals surface area contributed by atoms with Gasteiger partial charge in [-0.05, 0) is 37.1 Å². The molecular weight excluding hydrogens is 374 g/mol. The van der Waals surface area contributed by atoms with Gasteiger partial charge in [0.2, 0.25) is 5.76 Å². The largest absolute Gasteiger partial charge is 0.450 e. The van der Waals surface area contributed by atoms with Gasteiger partial charge in [0.05, 0.1) is 0 Å². The molecule has 3 aromatic rings. The minimum Gasteiger partial charge on any atom is -0.450 e. The fourth-order valence-electron chi connectivity index (χ4n) is 3.77. The predicted octanol–water partition coefficient (Wildman–Crippen LogP) is 4.27. The number of ether oxygens (including phenoxy) is 3. The molecule has 1 amide bonds. The van der Waals surface area contributed by atoms with E-state index in [2.05, 4.69) is 5.32 Å². The van der Waals surface area contributed by atoms with E-state index in [1.165, 1.54) is 0 Å². The second-order valence-corrected chi connectivity index (χ2v) is 7.26. The maximum atomic E-state index is 12.2. The standard InChI is InChI=1S/C22H19NO6/c24-20(13-26-21(25)19-11-14-5-1-2-6-16(14)27-19)23-15-7-8-17-18(12-15)29-22(28-17)9-3-4-10-22/h1-2,5-8,11-12H,3-4,9-10,13H2,(H,23,24). The zero-order valence-electron chi connectivity index (χ0n) is 15.6. The number of fused-ring (bicyclic) bond motifs is 2. The van der Waals surface area contributed by atoms with Crippen molar-refractivity contribution in [2.24, 2.45) is 0 Å². The molecule has 7 heteroatoms. The van der Waals surface area contributed by atoms with Crippen LogP contribution >= 0.6 is 0 Å². The molecule has 1 fully saturated rings. The third kappa shape index (κ3) is 3.40. The van der Waals surface area contributed by atoms with Crippen molar-refractivity contribution < 1.29 is 28.2 Å². The van der Waals surface area contributed by atoms with E-state index in [0.29, 0.717) is 22.8 Å². The Kier molecular flexibility index (Phi) is 4.16. The van der Waals surface area contributed by atoms with Crippen molar-refractivity contribution >= 4 is 28.5 Å². The highest BCUT2D eigenvalue weighted by Gasteiger charge is 2.44. The highest BCUT2D eigenvalue weighted by Crippen LogP contribution is 2.47. The number of amides is 1. The van der Waals surface area contributed by atoms with E-state index >= 15 is 0 Å². The molecule has 1 N–H and O–H groups in total. The number of anilines is 1. The van der Waals surface area contributed by atoms with Crippen LogP contribution in [0.25, 0.3) is 11.0 Å². The van der Waals surface area contributed by atoms with Crippen LogP contribution in [0.15, 0.2) is 52.9 Å². The highest BCUT2D eigenvalue weighted by atomic mass is 16.7. The fraction of sp³-hybridized carbons (Fsp3) is 0.273. The Labute approximate surface area is 166 Å². The van der Waals surface area contributed by atoms with Crippen LogP contribution in [0.1, 0.15) is 36.2 Å². The van der Waals surface area contributed by atoms with Crippen molar-refractivity contribution in [1.29, 1.82) is 0 Å². The van der Waals surface area contributed by atoms with Crippen LogP contribution in [0.5, 0.6) is 11.5 Å². The fourth-order valence-corrected chi connectivity index (χ4v) is 3.77. The van der Waals surface area contributed by atoms with E-state index in [-0.39, 0.29) is 5.76 Å². The lowest BCUT2D eigenvalue weighted by Gasteiger charge is -2.21. The molecule has 1 aliphatic carbocycles. The van der Waals surface area contributed by atoms with Crippen LogP contribution in [0, 0.1) is 0 Å². The molecule has 0 bridgehead atoms. The summed E-state index contributed by atoms with van der Waals surface area (Å²) in [5.41, 5.74) is 1.14. The van der Waals surface area contributed by atoms with Crippen molar-refractivity contribution in [1.82, 2.24) is 0 Å². The molecule has 2 aliphatic rings. The van der Waals surface area contributed by atoms with Gasteiger partial charge in [-0.25, -0.2) is 4.79 Å². The van der Waals surface area contributed by atoms with Gasteiger partial charge in [0.15, 0.2) is 18.1 Å². The third-order valence-corrected chi connectivity index (χ3v) is 5.15. The van der Waals surface area contributed by atoms with Crippen molar-refractivity contribution in [2.45, 2.75) is 31.5 Å². The van der Waals surface area contributed by atoms with Gasteiger partial charge in [0.25, 0.3) is 11.7 Å². The molecule has 1 saturated carbocycles. The Bertz CT molecular complexity index is 1060. The maximum absolute atomic E-state index is 12.2. The summed E-state index contributed by atoms with van der Waals surface area (Å²) in [6.07, 6.45) is 3.88. The van der Waals surface area contributed by atoms with Crippen LogP contribution in [0.3, 0.4) is 0 Å². The summed E-state index contributed by atoms with van der Waals surface area (Å²) in [5, 5.41) is 3.50. The second-order valence-electron chi connectivity index (χ2n) is 7.26. The average molecular weight is 393 g/mol. The van der Waals surface area contributed by atoms with Crippen LogP contribution < -0.4 is 14.8 Å². The minimum absolute atomic E-state index is 0.0592. The molecule has 0 saturated heterocycles. The number of hydrogen-bond donors (Lipinski definition) is 1. The number of furan rings is 1. The van der Waals surface area contributed by atoms with Crippen LogP contribution in [-0.2, 0) is 9.53 Å². The number of carbonyl (C=O) groups excluding carboxylic acids is 2. The Balaban J connectivity index is 1.19. The molecule has 1 spiro atoms. The molecule has 2 aromatic carbocycles. The third-order valence-electron chi connectivity index (χ3n) is 5.15. The number of esters is 1. The molecule has 148 valence electrons. The Morgan fingerprint density at radius 2 is 1.79 bits per heavy atom. The number of para-hydroxylation sites is 1. The van der Waals surface area contributed by atoms with E-state index in [4.69, 9.17) is 18.6 Å². The molecule has 29 heavy (non-hydrogen) atoms. The zero-order valence-corrected chi connectivity index (χ0v) is 15.6. The lowest BCUT2D eigenvalue weighted by molar-refractivity contribution is -0.119. The average Bonchev–Trinajstić information content (AvgIpc) is 3.43. The van der Waals surface area contributed by atoms with Gasteiger partial charge < -0.3 is 23.9 Å². The smallest absolute Gasteiger partial charge is 0.374 e. The first-order chi connectivity index (χ1) is 14.1. The van der Waals surface area contributed by atoms with Gasteiger partial charge in [-0.1, -0.05) is 18.2 Å². The summed E-state index contributed by atoms with van der Waals surface area (Å²) in [7, 11) is 0. The quantitative estimate of drug-likeness (QED) is 0.666. The summed E-state index contributed by atoms with van der Waals surface area (Å²) >= 11 is 0. The van der Waals surface area contributed by atoms with E-state index in [1.807, 2.05) is 18.2 Å². The molecule has 0 radical (unpaired) electrons. The molecule has 1 aromatic heterocycles. The van der Waals surface area contributed by atoms with Crippen LogP contribution in [0.2, 0.25) is 0 Å². The minimum atomic E-state index is -0.690. The number of carbonyl (C=O) groups is 2. The lowest BCUT2D eigenvalue weighted by Crippen LogP contribution is -2.34. The maximum Gasteiger partial charge on any atom is 0.374 e.